The highest BCUT2D eigenvalue weighted by molar-refractivity contribution is 7.90. The van der Waals surface area contributed by atoms with Crippen molar-refractivity contribution >= 4 is 27.7 Å². The number of carbonyl (C=O) groups excluding carboxylic acids is 2. The topological polar surface area (TPSA) is 124 Å². The Morgan fingerprint density at radius 1 is 1.21 bits per heavy atom. The average molecular weight is 419 g/mol. The predicted molar refractivity (Wildman–Crippen MR) is 101 cm³/mol. The first-order chi connectivity index (χ1) is 13.9. The highest BCUT2D eigenvalue weighted by Crippen LogP contribution is 2.32. The Kier molecular flexibility index (Phi) is 4.97. The van der Waals surface area contributed by atoms with Crippen molar-refractivity contribution in [2.45, 2.75) is 6.54 Å². The number of nitrogens with zero attached hydrogens (tertiary/aromatic N) is 2. The highest BCUT2D eigenvalue weighted by Gasteiger charge is 2.25. The maximum Gasteiger partial charge on any atom is 0.340 e. The SMILES string of the molecule is O=C(COC(=O)C1=CN2CCS(=O)(=O)N=C2C=C1)NCc1ccc2c(c1)OCO2. The molecule has 4 rings (SSSR count). The molecular formula is C18H17N3O7S. The second-order valence-corrected chi connectivity index (χ2v) is 8.14. The number of fused-ring (bicyclic) bond motifs is 2. The van der Waals surface area contributed by atoms with E-state index < -0.39 is 28.5 Å². The first kappa shape index (κ1) is 19.0. The molecule has 0 aliphatic carbocycles. The molecule has 29 heavy (non-hydrogen) atoms. The van der Waals surface area contributed by atoms with Crippen LogP contribution in [0.15, 0.2) is 46.5 Å². The number of nitrogens with one attached hydrogen (secondary N) is 1. The molecule has 0 saturated carbocycles. The van der Waals surface area contributed by atoms with Gasteiger partial charge in [0.15, 0.2) is 18.1 Å². The molecule has 11 heteroatoms. The smallest absolute Gasteiger partial charge is 0.340 e. The number of ether oxygens (including phenoxy) is 3. The van der Waals surface area contributed by atoms with Gasteiger partial charge < -0.3 is 24.4 Å². The minimum Gasteiger partial charge on any atom is -0.454 e. The molecule has 0 radical (unpaired) electrons. The van der Waals surface area contributed by atoms with Gasteiger partial charge in [0.1, 0.15) is 5.84 Å². The third kappa shape index (κ3) is 4.40. The molecule has 0 fully saturated rings. The van der Waals surface area contributed by atoms with Gasteiger partial charge in [0.25, 0.3) is 15.9 Å². The van der Waals surface area contributed by atoms with Gasteiger partial charge in [0, 0.05) is 19.3 Å². The van der Waals surface area contributed by atoms with Crippen LogP contribution in [0.5, 0.6) is 11.5 Å². The maximum absolute atomic E-state index is 12.2. The average Bonchev–Trinajstić information content (AvgIpc) is 3.17. The summed E-state index contributed by atoms with van der Waals surface area (Å²) >= 11 is 0. The minimum absolute atomic E-state index is 0.133. The zero-order valence-corrected chi connectivity index (χ0v) is 16.0. The third-order valence-electron chi connectivity index (χ3n) is 4.32. The second kappa shape index (κ2) is 7.59. The fraction of sp³-hybridized carbons (Fsp3) is 0.278. The molecule has 1 aromatic carbocycles. The van der Waals surface area contributed by atoms with Crippen LogP contribution in [0.4, 0.5) is 0 Å². The third-order valence-corrected chi connectivity index (χ3v) is 5.48. The number of sulfonamides is 1. The van der Waals surface area contributed by atoms with E-state index in [1.807, 2.05) is 0 Å². The Hall–Kier alpha value is -3.34. The van der Waals surface area contributed by atoms with Crippen LogP contribution in [-0.2, 0) is 30.9 Å². The molecule has 10 nitrogen and oxygen atoms in total. The molecule has 3 heterocycles. The predicted octanol–water partition coefficient (Wildman–Crippen LogP) is 0.0723. The molecule has 152 valence electrons. The summed E-state index contributed by atoms with van der Waals surface area (Å²) in [6, 6.07) is 5.33. The van der Waals surface area contributed by atoms with E-state index in [-0.39, 0.29) is 37.0 Å². The fourth-order valence-electron chi connectivity index (χ4n) is 2.84. The number of rotatable bonds is 5. The summed E-state index contributed by atoms with van der Waals surface area (Å²) in [7, 11) is -3.46. The Balaban J connectivity index is 1.27. The first-order valence-corrected chi connectivity index (χ1v) is 10.3. The van der Waals surface area contributed by atoms with Crippen molar-refractivity contribution in [1.29, 1.82) is 0 Å². The summed E-state index contributed by atoms with van der Waals surface area (Å²) in [6.45, 7) is 0.172. The van der Waals surface area contributed by atoms with Gasteiger partial charge in [-0.15, -0.1) is 4.40 Å². The molecule has 1 N–H and O–H groups in total. The van der Waals surface area contributed by atoms with Crippen LogP contribution in [0, 0.1) is 0 Å². The Bertz CT molecular complexity index is 1060. The van der Waals surface area contributed by atoms with Crippen LogP contribution in [-0.4, -0.2) is 56.7 Å². The lowest BCUT2D eigenvalue weighted by atomic mass is 10.2. The monoisotopic (exact) mass is 419 g/mol. The van der Waals surface area contributed by atoms with E-state index in [4.69, 9.17) is 14.2 Å². The Labute approximate surface area is 166 Å². The molecule has 0 bridgehead atoms. The van der Waals surface area contributed by atoms with Crippen LogP contribution >= 0.6 is 0 Å². The normalized spacial score (nSPS) is 18.4. The zero-order valence-electron chi connectivity index (χ0n) is 15.2. The second-order valence-electron chi connectivity index (χ2n) is 6.39. The largest absolute Gasteiger partial charge is 0.454 e. The quantitative estimate of drug-likeness (QED) is 0.665. The van der Waals surface area contributed by atoms with Gasteiger partial charge in [0.05, 0.1) is 11.3 Å². The fourth-order valence-corrected chi connectivity index (χ4v) is 3.81. The molecule has 3 aliphatic heterocycles. The number of carbonyl (C=O) groups is 2. The van der Waals surface area contributed by atoms with Crippen molar-refractivity contribution in [2.24, 2.45) is 4.40 Å². The molecule has 0 saturated heterocycles. The number of esters is 1. The maximum atomic E-state index is 12.2. The van der Waals surface area contributed by atoms with Crippen molar-refractivity contribution in [3.63, 3.8) is 0 Å². The number of hydrogen-bond donors (Lipinski definition) is 1. The Morgan fingerprint density at radius 3 is 2.90 bits per heavy atom. The minimum atomic E-state index is -3.46. The lowest BCUT2D eigenvalue weighted by molar-refractivity contribution is -0.144. The summed E-state index contributed by atoms with van der Waals surface area (Å²) in [5.41, 5.74) is 1.02. The lowest BCUT2D eigenvalue weighted by Gasteiger charge is -2.26. The zero-order chi connectivity index (χ0) is 20.4. The molecule has 1 amide bonds. The van der Waals surface area contributed by atoms with Gasteiger partial charge in [-0.2, -0.15) is 0 Å². The van der Waals surface area contributed by atoms with Gasteiger partial charge in [-0.25, -0.2) is 13.2 Å². The molecule has 1 aromatic rings. The van der Waals surface area contributed by atoms with Gasteiger partial charge in [0.2, 0.25) is 6.79 Å². The number of benzene rings is 1. The van der Waals surface area contributed by atoms with E-state index in [0.717, 1.165) is 5.56 Å². The van der Waals surface area contributed by atoms with Crippen molar-refractivity contribution in [3.8, 4) is 11.5 Å². The highest BCUT2D eigenvalue weighted by atomic mass is 32.2. The van der Waals surface area contributed by atoms with Crippen molar-refractivity contribution < 1.29 is 32.2 Å². The van der Waals surface area contributed by atoms with E-state index in [2.05, 4.69) is 9.71 Å². The van der Waals surface area contributed by atoms with Crippen molar-refractivity contribution in [3.05, 3.63) is 47.7 Å². The van der Waals surface area contributed by atoms with E-state index in [9.17, 15) is 18.0 Å². The summed E-state index contributed by atoms with van der Waals surface area (Å²) in [5.74, 6) is 0.240. The standard InChI is InChI=1S/C18H17N3O7S/c22-17(19-8-12-1-3-14-15(7-12)28-11-27-14)10-26-18(23)13-2-4-16-20-29(24,25)6-5-21(16)9-13/h1-4,7,9H,5-6,8,10-11H2,(H,19,22). The number of hydrogen-bond acceptors (Lipinski definition) is 8. The van der Waals surface area contributed by atoms with Gasteiger partial charge in [-0.3, -0.25) is 4.79 Å². The van der Waals surface area contributed by atoms with Gasteiger partial charge in [-0.1, -0.05) is 6.07 Å². The Morgan fingerprint density at radius 2 is 2.03 bits per heavy atom. The summed E-state index contributed by atoms with van der Waals surface area (Å²) < 4.78 is 42.2. The molecule has 3 aliphatic rings. The molecule has 0 atom stereocenters. The number of amidine groups is 1. The summed E-state index contributed by atoms with van der Waals surface area (Å²) in [4.78, 5) is 25.7. The van der Waals surface area contributed by atoms with E-state index in [1.54, 1.807) is 23.1 Å². The number of amides is 1. The van der Waals surface area contributed by atoms with Crippen molar-refractivity contribution in [1.82, 2.24) is 10.2 Å². The summed E-state index contributed by atoms with van der Waals surface area (Å²) in [6.07, 6.45) is 4.29. The lowest BCUT2D eigenvalue weighted by Crippen LogP contribution is -2.37. The first-order valence-electron chi connectivity index (χ1n) is 8.71. The van der Waals surface area contributed by atoms with Gasteiger partial charge >= 0.3 is 5.97 Å². The van der Waals surface area contributed by atoms with Crippen LogP contribution in [0.1, 0.15) is 5.56 Å². The molecular weight excluding hydrogens is 402 g/mol. The molecule has 0 unspecified atom stereocenters. The summed E-state index contributed by atoms with van der Waals surface area (Å²) in [5, 5.41) is 2.66. The van der Waals surface area contributed by atoms with Crippen LogP contribution in [0.25, 0.3) is 0 Å². The van der Waals surface area contributed by atoms with Gasteiger partial charge in [-0.05, 0) is 29.8 Å². The van der Waals surface area contributed by atoms with Crippen molar-refractivity contribution in [2.75, 3.05) is 25.7 Å². The van der Waals surface area contributed by atoms with E-state index >= 15 is 0 Å². The van der Waals surface area contributed by atoms with E-state index in [1.165, 1.54) is 18.4 Å². The van der Waals surface area contributed by atoms with Crippen LogP contribution in [0.2, 0.25) is 0 Å². The van der Waals surface area contributed by atoms with E-state index in [0.29, 0.717) is 11.5 Å². The molecule has 0 aromatic heterocycles. The van der Waals surface area contributed by atoms with Crippen LogP contribution < -0.4 is 14.8 Å². The molecule has 0 spiro atoms. The van der Waals surface area contributed by atoms with Crippen LogP contribution in [0.3, 0.4) is 0 Å².